The molecule has 16 heavy (non-hydrogen) atoms. The molecule has 2 aromatic rings. The maximum absolute atomic E-state index is 10.4. The first-order chi connectivity index (χ1) is 7.70. The second-order valence-electron chi connectivity index (χ2n) is 3.20. The van der Waals surface area contributed by atoms with E-state index in [0.717, 1.165) is 26.8 Å². The zero-order chi connectivity index (χ0) is 11.5. The van der Waals surface area contributed by atoms with Crippen LogP contribution in [0.2, 0.25) is 0 Å². The number of ether oxygens (including phenoxy) is 1. The summed E-state index contributed by atoms with van der Waals surface area (Å²) in [7, 11) is 1.63. The fourth-order valence-corrected chi connectivity index (χ4v) is 2.51. The van der Waals surface area contributed by atoms with Crippen LogP contribution in [0.4, 0.5) is 0 Å². The highest BCUT2D eigenvalue weighted by Crippen LogP contribution is 2.33. The molecule has 0 fully saturated rings. The number of methoxy groups -OCH3 is 1. The normalized spacial score (nSPS) is 11.1. The molecule has 82 valence electrons. The van der Waals surface area contributed by atoms with E-state index in [4.69, 9.17) is 9.84 Å². The van der Waals surface area contributed by atoms with Crippen molar-refractivity contribution in [3.63, 3.8) is 0 Å². The molecule has 0 aliphatic rings. The first-order valence-electron chi connectivity index (χ1n) is 4.68. The summed E-state index contributed by atoms with van der Waals surface area (Å²) in [5.74, 6) is -0.123. The predicted octanol–water partition coefficient (Wildman–Crippen LogP) is 3.01. The van der Waals surface area contributed by atoms with Gasteiger partial charge in [0.15, 0.2) is 0 Å². The molecular weight excluding hydrogens is 224 g/mol. The lowest BCUT2D eigenvalue weighted by molar-refractivity contribution is -0.131. The number of carboxylic acid groups (broad SMARTS) is 1. The van der Waals surface area contributed by atoms with Crippen LogP contribution in [-0.2, 0) is 4.79 Å². The van der Waals surface area contributed by atoms with E-state index in [1.165, 1.54) is 11.3 Å². The number of rotatable bonds is 3. The largest absolute Gasteiger partial charge is 0.495 e. The molecule has 2 rings (SSSR count). The summed E-state index contributed by atoms with van der Waals surface area (Å²) in [6, 6.07) is 7.73. The molecule has 0 saturated heterocycles. The van der Waals surface area contributed by atoms with Gasteiger partial charge in [0.2, 0.25) is 0 Å². The maximum Gasteiger partial charge on any atom is 0.328 e. The number of hydrogen-bond acceptors (Lipinski definition) is 3. The lowest BCUT2D eigenvalue weighted by atomic mass is 10.2. The summed E-state index contributed by atoms with van der Waals surface area (Å²) in [5, 5.41) is 9.61. The maximum atomic E-state index is 10.4. The van der Waals surface area contributed by atoms with E-state index < -0.39 is 5.97 Å². The van der Waals surface area contributed by atoms with Crippen molar-refractivity contribution in [2.45, 2.75) is 0 Å². The van der Waals surface area contributed by atoms with Crippen LogP contribution in [0.5, 0.6) is 5.75 Å². The third kappa shape index (κ3) is 2.06. The standard InChI is InChI=1S/C12H10O3S/c1-15-10-4-2-3-8-7-9(16-12(8)10)5-6-11(13)14/h2-7H,1H3,(H,13,14)/b6-5+. The summed E-state index contributed by atoms with van der Waals surface area (Å²) in [5.41, 5.74) is 0. The fraction of sp³-hybridized carbons (Fsp3) is 0.0833. The summed E-state index contributed by atoms with van der Waals surface area (Å²) >= 11 is 1.52. The molecule has 0 spiro atoms. The molecule has 0 atom stereocenters. The van der Waals surface area contributed by atoms with Crippen molar-refractivity contribution < 1.29 is 14.6 Å². The highest BCUT2D eigenvalue weighted by atomic mass is 32.1. The minimum Gasteiger partial charge on any atom is -0.495 e. The number of hydrogen-bond donors (Lipinski definition) is 1. The molecule has 0 bridgehead atoms. The summed E-state index contributed by atoms with van der Waals surface area (Å²) in [4.78, 5) is 11.3. The van der Waals surface area contributed by atoms with E-state index in [2.05, 4.69) is 0 Å². The number of benzene rings is 1. The highest BCUT2D eigenvalue weighted by Gasteiger charge is 2.04. The zero-order valence-corrected chi connectivity index (χ0v) is 9.45. The molecule has 1 heterocycles. The van der Waals surface area contributed by atoms with Crippen molar-refractivity contribution in [1.82, 2.24) is 0 Å². The molecular formula is C12H10O3S. The van der Waals surface area contributed by atoms with Gasteiger partial charge in [-0.1, -0.05) is 12.1 Å². The molecule has 0 amide bonds. The van der Waals surface area contributed by atoms with Gasteiger partial charge in [0, 0.05) is 11.0 Å². The van der Waals surface area contributed by atoms with E-state index >= 15 is 0 Å². The number of thiophene rings is 1. The Balaban J connectivity index is 2.47. The van der Waals surface area contributed by atoms with Gasteiger partial charge in [0.05, 0.1) is 11.8 Å². The number of fused-ring (bicyclic) bond motifs is 1. The van der Waals surface area contributed by atoms with Gasteiger partial charge in [-0.2, -0.15) is 0 Å². The van der Waals surface area contributed by atoms with E-state index in [0.29, 0.717) is 0 Å². The molecule has 1 N–H and O–H groups in total. The first-order valence-corrected chi connectivity index (χ1v) is 5.50. The zero-order valence-electron chi connectivity index (χ0n) is 8.64. The fourth-order valence-electron chi connectivity index (χ4n) is 1.45. The van der Waals surface area contributed by atoms with E-state index in [1.807, 2.05) is 24.3 Å². The third-order valence-corrected chi connectivity index (χ3v) is 3.27. The molecule has 0 radical (unpaired) electrons. The number of carbonyl (C=O) groups is 1. The SMILES string of the molecule is COc1cccc2cc(/C=C/C(=O)O)sc12. The minimum absolute atomic E-state index is 0.817. The molecule has 1 aromatic carbocycles. The van der Waals surface area contributed by atoms with Gasteiger partial charge in [-0.05, 0) is 23.6 Å². The van der Waals surface area contributed by atoms with E-state index in [9.17, 15) is 4.79 Å². The third-order valence-electron chi connectivity index (χ3n) is 2.14. The van der Waals surface area contributed by atoms with Crippen molar-refractivity contribution in [3.05, 3.63) is 35.2 Å². The van der Waals surface area contributed by atoms with Crippen molar-refractivity contribution in [2.75, 3.05) is 7.11 Å². The average molecular weight is 234 g/mol. The molecule has 0 aliphatic carbocycles. The van der Waals surface area contributed by atoms with Gasteiger partial charge in [-0.3, -0.25) is 0 Å². The molecule has 3 nitrogen and oxygen atoms in total. The Labute approximate surface area is 96.6 Å². The van der Waals surface area contributed by atoms with Crippen LogP contribution < -0.4 is 4.74 Å². The van der Waals surface area contributed by atoms with Gasteiger partial charge in [-0.25, -0.2) is 4.79 Å². The van der Waals surface area contributed by atoms with Gasteiger partial charge >= 0.3 is 5.97 Å². The Bertz CT molecular complexity index is 554. The van der Waals surface area contributed by atoms with E-state index in [-0.39, 0.29) is 0 Å². The lowest BCUT2D eigenvalue weighted by Gasteiger charge is -1.98. The Morgan fingerprint density at radius 2 is 2.31 bits per heavy atom. The molecule has 0 saturated carbocycles. The number of aliphatic carboxylic acids is 1. The molecule has 4 heteroatoms. The van der Waals surface area contributed by atoms with Gasteiger partial charge in [-0.15, -0.1) is 11.3 Å². The Morgan fingerprint density at radius 1 is 1.50 bits per heavy atom. The second-order valence-corrected chi connectivity index (χ2v) is 4.28. The van der Waals surface area contributed by atoms with Crippen molar-refractivity contribution >= 4 is 33.5 Å². The second kappa shape index (κ2) is 4.37. The Hall–Kier alpha value is -1.81. The Morgan fingerprint density at radius 3 is 3.00 bits per heavy atom. The van der Waals surface area contributed by atoms with Gasteiger partial charge in [0.1, 0.15) is 5.75 Å². The van der Waals surface area contributed by atoms with Crippen LogP contribution in [-0.4, -0.2) is 18.2 Å². The summed E-state index contributed by atoms with van der Waals surface area (Å²) < 4.78 is 6.27. The van der Waals surface area contributed by atoms with Crippen LogP contribution in [0.15, 0.2) is 30.3 Å². The monoisotopic (exact) mass is 234 g/mol. The summed E-state index contributed by atoms with van der Waals surface area (Å²) in [6.45, 7) is 0. The van der Waals surface area contributed by atoms with E-state index in [1.54, 1.807) is 13.2 Å². The van der Waals surface area contributed by atoms with Crippen LogP contribution in [0.3, 0.4) is 0 Å². The smallest absolute Gasteiger partial charge is 0.328 e. The topological polar surface area (TPSA) is 46.5 Å². The first kappa shape index (κ1) is 10.7. The van der Waals surface area contributed by atoms with Crippen LogP contribution >= 0.6 is 11.3 Å². The van der Waals surface area contributed by atoms with Crippen LogP contribution in [0.25, 0.3) is 16.2 Å². The van der Waals surface area contributed by atoms with Crippen molar-refractivity contribution in [1.29, 1.82) is 0 Å². The minimum atomic E-state index is -0.940. The van der Waals surface area contributed by atoms with Crippen LogP contribution in [0, 0.1) is 0 Å². The van der Waals surface area contributed by atoms with Crippen LogP contribution in [0.1, 0.15) is 4.88 Å². The molecule has 1 aromatic heterocycles. The summed E-state index contributed by atoms with van der Waals surface area (Å²) in [6.07, 6.45) is 2.73. The van der Waals surface area contributed by atoms with Gasteiger partial charge in [0.25, 0.3) is 0 Å². The average Bonchev–Trinajstić information content (AvgIpc) is 2.68. The van der Waals surface area contributed by atoms with Crippen molar-refractivity contribution in [3.8, 4) is 5.75 Å². The lowest BCUT2D eigenvalue weighted by Crippen LogP contribution is -1.84. The molecule has 0 unspecified atom stereocenters. The quantitative estimate of drug-likeness (QED) is 0.830. The van der Waals surface area contributed by atoms with Crippen molar-refractivity contribution in [2.24, 2.45) is 0 Å². The highest BCUT2D eigenvalue weighted by molar-refractivity contribution is 7.20. The van der Waals surface area contributed by atoms with Gasteiger partial charge < -0.3 is 9.84 Å². The Kier molecular flexibility index (Phi) is 2.92. The number of carboxylic acids is 1. The predicted molar refractivity (Wildman–Crippen MR) is 65.0 cm³/mol. The molecule has 0 aliphatic heterocycles.